The van der Waals surface area contributed by atoms with E-state index >= 15 is 0 Å². The predicted octanol–water partition coefficient (Wildman–Crippen LogP) is 5.22. The summed E-state index contributed by atoms with van der Waals surface area (Å²) in [6, 6.07) is 8.94. The Morgan fingerprint density at radius 1 is 1.00 bits per heavy atom. The van der Waals surface area contributed by atoms with Crippen molar-refractivity contribution < 1.29 is 0 Å². The fourth-order valence-electron chi connectivity index (χ4n) is 2.35. The SMILES string of the molecule is CC(C)(C)/C(=C/n1ccnc1)c1ccc(C(C)(C)C)cc1. The summed E-state index contributed by atoms with van der Waals surface area (Å²) in [7, 11) is 0. The minimum Gasteiger partial charge on any atom is -0.313 e. The third-order valence-electron chi connectivity index (χ3n) is 3.67. The number of aromatic nitrogens is 2. The summed E-state index contributed by atoms with van der Waals surface area (Å²) in [5, 5.41) is 0. The number of hydrogen-bond donors (Lipinski definition) is 0. The maximum Gasteiger partial charge on any atom is 0.0986 e. The highest BCUT2D eigenvalue weighted by atomic mass is 15.0. The van der Waals surface area contributed by atoms with Crippen LogP contribution in [0.25, 0.3) is 11.8 Å². The smallest absolute Gasteiger partial charge is 0.0986 e. The molecule has 0 aliphatic carbocycles. The van der Waals surface area contributed by atoms with Crippen molar-refractivity contribution in [1.29, 1.82) is 0 Å². The molecular weight excluding hydrogens is 256 g/mol. The minimum atomic E-state index is 0.0769. The van der Waals surface area contributed by atoms with Crippen LogP contribution in [0, 0.1) is 5.41 Å². The van der Waals surface area contributed by atoms with E-state index in [9.17, 15) is 0 Å². The highest BCUT2D eigenvalue weighted by molar-refractivity contribution is 5.78. The van der Waals surface area contributed by atoms with Gasteiger partial charge >= 0.3 is 0 Å². The van der Waals surface area contributed by atoms with Crippen molar-refractivity contribution in [2.24, 2.45) is 5.41 Å². The number of imidazole rings is 1. The summed E-state index contributed by atoms with van der Waals surface area (Å²) in [4.78, 5) is 4.12. The molecule has 112 valence electrons. The van der Waals surface area contributed by atoms with Gasteiger partial charge in [-0.05, 0) is 27.5 Å². The molecule has 1 aromatic heterocycles. The molecule has 2 rings (SSSR count). The molecule has 0 unspecified atom stereocenters. The molecule has 0 aliphatic rings. The van der Waals surface area contributed by atoms with E-state index in [0.29, 0.717) is 0 Å². The summed E-state index contributed by atoms with van der Waals surface area (Å²) in [6.07, 6.45) is 7.77. The Bertz CT molecular complexity index is 603. The third-order valence-corrected chi connectivity index (χ3v) is 3.67. The minimum absolute atomic E-state index is 0.0769. The van der Waals surface area contributed by atoms with Crippen LogP contribution in [-0.2, 0) is 5.41 Å². The quantitative estimate of drug-likeness (QED) is 0.738. The van der Waals surface area contributed by atoms with E-state index < -0.39 is 0 Å². The number of rotatable bonds is 2. The largest absolute Gasteiger partial charge is 0.313 e. The molecular formula is C19H26N2. The maximum absolute atomic E-state index is 4.12. The fraction of sp³-hybridized carbons (Fsp3) is 0.421. The van der Waals surface area contributed by atoms with Crippen molar-refractivity contribution in [2.45, 2.75) is 47.0 Å². The highest BCUT2D eigenvalue weighted by Crippen LogP contribution is 2.35. The summed E-state index contributed by atoms with van der Waals surface area (Å²) >= 11 is 0. The third kappa shape index (κ3) is 3.84. The van der Waals surface area contributed by atoms with Gasteiger partial charge in [0.1, 0.15) is 0 Å². The van der Waals surface area contributed by atoms with Crippen molar-refractivity contribution in [1.82, 2.24) is 9.55 Å². The van der Waals surface area contributed by atoms with Crippen LogP contribution in [-0.4, -0.2) is 9.55 Å². The van der Waals surface area contributed by atoms with Crippen molar-refractivity contribution >= 4 is 11.8 Å². The Morgan fingerprint density at radius 3 is 2.05 bits per heavy atom. The van der Waals surface area contributed by atoms with E-state index in [1.54, 1.807) is 6.20 Å². The lowest BCUT2D eigenvalue weighted by molar-refractivity contribution is 0.567. The van der Waals surface area contributed by atoms with E-state index in [4.69, 9.17) is 0 Å². The van der Waals surface area contributed by atoms with Crippen LogP contribution >= 0.6 is 0 Å². The van der Waals surface area contributed by atoms with Crippen molar-refractivity contribution in [3.8, 4) is 0 Å². The Morgan fingerprint density at radius 2 is 1.62 bits per heavy atom. The number of hydrogen-bond acceptors (Lipinski definition) is 1. The molecule has 0 radical (unpaired) electrons. The second-order valence-electron chi connectivity index (χ2n) is 7.63. The fourth-order valence-corrected chi connectivity index (χ4v) is 2.35. The van der Waals surface area contributed by atoms with Gasteiger partial charge < -0.3 is 4.57 Å². The molecule has 2 aromatic rings. The molecule has 2 nitrogen and oxygen atoms in total. The van der Waals surface area contributed by atoms with Crippen LogP contribution in [0.4, 0.5) is 0 Å². The summed E-state index contributed by atoms with van der Waals surface area (Å²) < 4.78 is 2.01. The molecule has 0 fully saturated rings. The zero-order chi connectivity index (χ0) is 15.7. The van der Waals surface area contributed by atoms with Gasteiger partial charge in [-0.1, -0.05) is 65.8 Å². The first-order chi connectivity index (χ1) is 9.68. The van der Waals surface area contributed by atoms with Crippen LogP contribution in [0.15, 0.2) is 43.0 Å². The van der Waals surface area contributed by atoms with Gasteiger partial charge in [0.2, 0.25) is 0 Å². The average Bonchev–Trinajstić information content (AvgIpc) is 2.86. The second-order valence-corrected chi connectivity index (χ2v) is 7.63. The van der Waals surface area contributed by atoms with Gasteiger partial charge in [-0.25, -0.2) is 4.98 Å². The highest BCUT2D eigenvalue weighted by Gasteiger charge is 2.20. The van der Waals surface area contributed by atoms with Crippen molar-refractivity contribution in [3.05, 3.63) is 54.1 Å². The first-order valence-corrected chi connectivity index (χ1v) is 7.48. The normalized spacial score (nSPS) is 13.5. The first kappa shape index (κ1) is 15.6. The molecule has 0 saturated carbocycles. The number of benzene rings is 1. The van der Waals surface area contributed by atoms with E-state index in [1.165, 1.54) is 16.7 Å². The average molecular weight is 282 g/mol. The second kappa shape index (κ2) is 5.51. The van der Waals surface area contributed by atoms with Crippen LogP contribution < -0.4 is 0 Å². The molecule has 0 spiro atoms. The van der Waals surface area contributed by atoms with Crippen LogP contribution in [0.3, 0.4) is 0 Å². The monoisotopic (exact) mass is 282 g/mol. The lowest BCUT2D eigenvalue weighted by atomic mass is 9.81. The number of nitrogens with zero attached hydrogens (tertiary/aromatic N) is 2. The van der Waals surface area contributed by atoms with Crippen molar-refractivity contribution in [2.75, 3.05) is 0 Å². The van der Waals surface area contributed by atoms with Crippen LogP contribution in [0.2, 0.25) is 0 Å². The zero-order valence-corrected chi connectivity index (χ0v) is 14.0. The lowest BCUT2D eigenvalue weighted by Crippen LogP contribution is -2.12. The zero-order valence-electron chi connectivity index (χ0n) is 14.0. The molecule has 0 amide bonds. The molecule has 1 aromatic carbocycles. The van der Waals surface area contributed by atoms with E-state index in [0.717, 1.165) is 0 Å². The van der Waals surface area contributed by atoms with E-state index in [2.05, 4.69) is 77.0 Å². The molecule has 0 saturated heterocycles. The van der Waals surface area contributed by atoms with Gasteiger partial charge in [-0.2, -0.15) is 0 Å². The topological polar surface area (TPSA) is 17.8 Å². The molecule has 21 heavy (non-hydrogen) atoms. The van der Waals surface area contributed by atoms with Gasteiger partial charge in [0.25, 0.3) is 0 Å². The summed E-state index contributed by atoms with van der Waals surface area (Å²) in [5.41, 5.74) is 4.20. The molecule has 0 bridgehead atoms. The number of allylic oxidation sites excluding steroid dienone is 1. The van der Waals surface area contributed by atoms with E-state index in [1.807, 2.05) is 17.1 Å². The molecule has 0 aliphatic heterocycles. The Hall–Kier alpha value is -1.83. The van der Waals surface area contributed by atoms with Gasteiger partial charge in [0, 0.05) is 18.6 Å². The Kier molecular flexibility index (Phi) is 4.08. The molecule has 0 N–H and O–H groups in total. The van der Waals surface area contributed by atoms with Gasteiger partial charge in [0.15, 0.2) is 0 Å². The predicted molar refractivity (Wildman–Crippen MR) is 91.0 cm³/mol. The van der Waals surface area contributed by atoms with Gasteiger partial charge in [-0.15, -0.1) is 0 Å². The Balaban J connectivity index is 2.44. The summed E-state index contributed by atoms with van der Waals surface area (Å²) in [5.74, 6) is 0. The van der Waals surface area contributed by atoms with Crippen LogP contribution in [0.1, 0.15) is 52.7 Å². The van der Waals surface area contributed by atoms with Crippen LogP contribution in [0.5, 0.6) is 0 Å². The molecule has 1 heterocycles. The van der Waals surface area contributed by atoms with Gasteiger partial charge in [0.05, 0.1) is 6.33 Å². The van der Waals surface area contributed by atoms with Gasteiger partial charge in [-0.3, -0.25) is 0 Å². The molecule has 0 atom stereocenters. The van der Waals surface area contributed by atoms with E-state index in [-0.39, 0.29) is 10.8 Å². The molecule has 2 heteroatoms. The van der Waals surface area contributed by atoms with Crippen molar-refractivity contribution in [3.63, 3.8) is 0 Å². The first-order valence-electron chi connectivity index (χ1n) is 7.48. The summed E-state index contributed by atoms with van der Waals surface area (Å²) in [6.45, 7) is 13.5. The standard InChI is InChI=1S/C19H26N2/c1-18(2,3)16-9-7-15(8-10-16)17(19(4,5)6)13-21-12-11-20-14-21/h7-14H,1-6H3/b17-13+. The maximum atomic E-state index is 4.12. The lowest BCUT2D eigenvalue weighted by Gasteiger charge is -2.25. The Labute approximate surface area is 128 Å².